The van der Waals surface area contributed by atoms with Gasteiger partial charge < -0.3 is 0 Å². The second kappa shape index (κ2) is 7.46. The number of aryl methyl sites for hydroxylation is 1. The van der Waals surface area contributed by atoms with Crippen molar-refractivity contribution in [2.75, 3.05) is 5.01 Å². The lowest BCUT2D eigenvalue weighted by molar-refractivity contribution is -0.128. The molecule has 2 heterocycles. The van der Waals surface area contributed by atoms with Crippen LogP contribution >= 0.6 is 12.2 Å². The van der Waals surface area contributed by atoms with Crippen molar-refractivity contribution in [1.82, 2.24) is 9.66 Å². The Balaban J connectivity index is 2.83. The van der Waals surface area contributed by atoms with Crippen LogP contribution in [0.4, 0.5) is 0 Å². The number of carbonyl (C=O) groups excluding carboxylic acids is 2. The van der Waals surface area contributed by atoms with E-state index in [-0.39, 0.29) is 24.7 Å². The van der Waals surface area contributed by atoms with E-state index in [4.69, 9.17) is 12.2 Å². The maximum Gasteiger partial charge on any atom is 0.248 e. The third-order valence-electron chi connectivity index (χ3n) is 3.61. The van der Waals surface area contributed by atoms with E-state index in [9.17, 15) is 9.59 Å². The van der Waals surface area contributed by atoms with Gasteiger partial charge in [-0.2, -0.15) is 5.01 Å². The molecule has 0 fully saturated rings. The summed E-state index contributed by atoms with van der Waals surface area (Å²) >= 11 is 5.57. The van der Waals surface area contributed by atoms with Gasteiger partial charge >= 0.3 is 0 Å². The molecule has 0 aliphatic rings. The third-order valence-corrected chi connectivity index (χ3v) is 4.05. The SMILES string of the molecule is CCCc1cc2cccnc2n(N(C(=O)CC)C(=O)CC)c1=S. The van der Waals surface area contributed by atoms with Crippen LogP contribution in [-0.2, 0) is 16.0 Å². The first-order valence-electron chi connectivity index (χ1n) is 7.90. The van der Waals surface area contributed by atoms with Crippen molar-refractivity contribution < 1.29 is 9.59 Å². The van der Waals surface area contributed by atoms with Crippen LogP contribution in [0.15, 0.2) is 24.4 Å². The quantitative estimate of drug-likeness (QED) is 0.787. The molecule has 2 aromatic rings. The molecule has 2 amide bonds. The lowest BCUT2D eigenvalue weighted by Crippen LogP contribution is -2.45. The first-order chi connectivity index (χ1) is 11.0. The van der Waals surface area contributed by atoms with E-state index in [0.29, 0.717) is 10.3 Å². The highest BCUT2D eigenvalue weighted by atomic mass is 32.1. The van der Waals surface area contributed by atoms with E-state index in [2.05, 4.69) is 11.9 Å². The van der Waals surface area contributed by atoms with Crippen molar-refractivity contribution in [3.63, 3.8) is 0 Å². The van der Waals surface area contributed by atoms with Gasteiger partial charge in [-0.25, -0.2) is 9.66 Å². The highest BCUT2D eigenvalue weighted by molar-refractivity contribution is 7.71. The predicted octanol–water partition coefficient (Wildman–Crippen LogP) is 3.53. The first kappa shape index (κ1) is 17.3. The van der Waals surface area contributed by atoms with Gasteiger partial charge in [0.25, 0.3) is 0 Å². The van der Waals surface area contributed by atoms with Gasteiger partial charge in [-0.15, -0.1) is 0 Å². The molecule has 0 saturated heterocycles. The van der Waals surface area contributed by atoms with Gasteiger partial charge in [-0.05, 0) is 30.2 Å². The fraction of sp³-hybridized carbons (Fsp3) is 0.412. The Hall–Kier alpha value is -2.08. The number of amides is 2. The lowest BCUT2D eigenvalue weighted by atomic mass is 10.1. The number of fused-ring (bicyclic) bond motifs is 1. The Morgan fingerprint density at radius 3 is 2.43 bits per heavy atom. The lowest BCUT2D eigenvalue weighted by Gasteiger charge is -2.25. The van der Waals surface area contributed by atoms with E-state index in [1.807, 2.05) is 18.2 Å². The molecule has 0 aliphatic heterocycles. The maximum atomic E-state index is 12.4. The minimum absolute atomic E-state index is 0.222. The molecule has 0 spiro atoms. The topological polar surface area (TPSA) is 55.2 Å². The van der Waals surface area contributed by atoms with Crippen LogP contribution in [0.3, 0.4) is 0 Å². The van der Waals surface area contributed by atoms with E-state index in [1.165, 1.54) is 4.68 Å². The predicted molar refractivity (Wildman–Crippen MR) is 93.4 cm³/mol. The number of aromatic nitrogens is 2. The molecular formula is C17H21N3O2S. The van der Waals surface area contributed by atoms with Crippen molar-refractivity contribution in [2.45, 2.75) is 46.5 Å². The Morgan fingerprint density at radius 1 is 1.22 bits per heavy atom. The van der Waals surface area contributed by atoms with Gasteiger partial charge in [-0.1, -0.05) is 39.4 Å². The van der Waals surface area contributed by atoms with Crippen LogP contribution in [0.1, 0.15) is 45.6 Å². The van der Waals surface area contributed by atoms with Gasteiger partial charge in [0.15, 0.2) is 5.65 Å². The molecule has 2 rings (SSSR count). The number of imide groups is 1. The summed E-state index contributed by atoms with van der Waals surface area (Å²) in [5, 5.41) is 2.01. The minimum atomic E-state index is -0.284. The van der Waals surface area contributed by atoms with Gasteiger partial charge in [-0.3, -0.25) is 9.59 Å². The summed E-state index contributed by atoms with van der Waals surface area (Å²) in [4.78, 5) is 29.1. The average Bonchev–Trinajstić information content (AvgIpc) is 2.57. The normalized spacial score (nSPS) is 10.7. The van der Waals surface area contributed by atoms with E-state index in [1.54, 1.807) is 20.0 Å². The Morgan fingerprint density at radius 2 is 1.87 bits per heavy atom. The van der Waals surface area contributed by atoms with Crippen molar-refractivity contribution in [2.24, 2.45) is 0 Å². The molecule has 6 heteroatoms. The van der Waals surface area contributed by atoms with Gasteiger partial charge in [0.05, 0.1) is 0 Å². The van der Waals surface area contributed by atoms with Gasteiger partial charge in [0, 0.05) is 24.4 Å². The number of nitrogens with zero attached hydrogens (tertiary/aromatic N) is 3. The molecule has 0 aliphatic carbocycles. The highest BCUT2D eigenvalue weighted by Gasteiger charge is 2.23. The van der Waals surface area contributed by atoms with Crippen molar-refractivity contribution in [3.8, 4) is 0 Å². The summed E-state index contributed by atoms with van der Waals surface area (Å²) in [5.41, 5.74) is 1.47. The number of hydrogen-bond donors (Lipinski definition) is 0. The van der Waals surface area contributed by atoms with Gasteiger partial charge in [0.1, 0.15) is 4.64 Å². The fourth-order valence-corrected chi connectivity index (χ4v) is 2.81. The summed E-state index contributed by atoms with van der Waals surface area (Å²) in [6, 6.07) is 5.74. The molecule has 2 aromatic heterocycles. The van der Waals surface area contributed by atoms with Crippen molar-refractivity contribution >= 4 is 35.1 Å². The molecule has 0 radical (unpaired) electrons. The van der Waals surface area contributed by atoms with E-state index >= 15 is 0 Å². The molecule has 0 saturated carbocycles. The molecule has 5 nitrogen and oxygen atoms in total. The van der Waals surface area contributed by atoms with E-state index < -0.39 is 0 Å². The van der Waals surface area contributed by atoms with Crippen molar-refractivity contribution in [1.29, 1.82) is 0 Å². The second-order valence-electron chi connectivity index (χ2n) is 5.26. The van der Waals surface area contributed by atoms with E-state index in [0.717, 1.165) is 28.8 Å². The fourth-order valence-electron chi connectivity index (χ4n) is 2.48. The molecule has 0 N–H and O–H groups in total. The van der Waals surface area contributed by atoms with Crippen LogP contribution in [0.5, 0.6) is 0 Å². The Kier molecular flexibility index (Phi) is 5.60. The largest absolute Gasteiger partial charge is 0.273 e. The zero-order chi connectivity index (χ0) is 17.0. The summed E-state index contributed by atoms with van der Waals surface area (Å²) < 4.78 is 1.98. The maximum absolute atomic E-state index is 12.4. The Bertz CT molecular complexity index is 782. The number of rotatable bonds is 5. The molecule has 0 atom stereocenters. The third kappa shape index (κ3) is 3.32. The number of pyridine rings is 2. The van der Waals surface area contributed by atoms with Crippen molar-refractivity contribution in [3.05, 3.63) is 34.6 Å². The molecule has 122 valence electrons. The standard InChI is InChI=1S/C17H21N3O2S/c1-4-8-13-11-12-9-7-10-18-16(12)20(17(13)23)19(14(21)5-2)15(22)6-3/h7,9-11H,4-6,8H2,1-3H3. The van der Waals surface area contributed by atoms with Crippen LogP contribution in [0.2, 0.25) is 0 Å². The summed E-state index contributed by atoms with van der Waals surface area (Å²) in [6.07, 6.45) is 3.80. The average molecular weight is 331 g/mol. The smallest absolute Gasteiger partial charge is 0.248 e. The molecule has 23 heavy (non-hydrogen) atoms. The molecule has 0 bridgehead atoms. The minimum Gasteiger partial charge on any atom is -0.273 e. The van der Waals surface area contributed by atoms with Crippen LogP contribution in [0, 0.1) is 4.64 Å². The van der Waals surface area contributed by atoms with Crippen LogP contribution < -0.4 is 5.01 Å². The summed E-state index contributed by atoms with van der Waals surface area (Å²) in [5.74, 6) is -0.567. The van der Waals surface area contributed by atoms with Gasteiger partial charge in [0.2, 0.25) is 11.8 Å². The number of hydrogen-bond acceptors (Lipinski definition) is 4. The number of carbonyl (C=O) groups is 2. The monoisotopic (exact) mass is 331 g/mol. The van der Waals surface area contributed by atoms with Crippen LogP contribution in [0.25, 0.3) is 11.0 Å². The Labute approximate surface area is 140 Å². The summed E-state index contributed by atoms with van der Waals surface area (Å²) in [6.45, 7) is 5.53. The molecule has 0 unspecified atom stereocenters. The zero-order valence-corrected chi connectivity index (χ0v) is 14.5. The zero-order valence-electron chi connectivity index (χ0n) is 13.7. The van der Waals surface area contributed by atoms with Crippen LogP contribution in [-0.4, -0.2) is 21.5 Å². The molecule has 0 aromatic carbocycles. The highest BCUT2D eigenvalue weighted by Crippen LogP contribution is 2.19. The summed E-state index contributed by atoms with van der Waals surface area (Å²) in [7, 11) is 0. The molecular weight excluding hydrogens is 310 g/mol. The first-order valence-corrected chi connectivity index (χ1v) is 8.31. The second-order valence-corrected chi connectivity index (χ2v) is 5.65.